The highest BCUT2D eigenvalue weighted by atomic mass is 79.9. The molecule has 0 radical (unpaired) electrons. The van der Waals surface area contributed by atoms with Crippen LogP contribution in [0, 0.1) is 13.8 Å². The van der Waals surface area contributed by atoms with Crippen LogP contribution in [0.3, 0.4) is 0 Å². The van der Waals surface area contributed by atoms with Crippen LogP contribution in [-0.2, 0) is 10.0 Å². The molecule has 1 aromatic heterocycles. The lowest BCUT2D eigenvalue weighted by Gasteiger charge is -2.15. The molecule has 7 nitrogen and oxygen atoms in total. The second kappa shape index (κ2) is 9.38. The molecule has 0 aliphatic rings. The van der Waals surface area contributed by atoms with E-state index in [-0.39, 0.29) is 0 Å². The number of aromatic nitrogens is 1. The van der Waals surface area contributed by atoms with E-state index in [4.69, 9.17) is 4.74 Å². The van der Waals surface area contributed by atoms with E-state index >= 15 is 0 Å². The van der Waals surface area contributed by atoms with E-state index in [0.29, 0.717) is 35.4 Å². The fraction of sp³-hybridized carbons (Fsp3) is 0.333. The summed E-state index contributed by atoms with van der Waals surface area (Å²) >= 11 is 3.34. The van der Waals surface area contributed by atoms with Gasteiger partial charge in [-0.3, -0.25) is 4.72 Å². The van der Waals surface area contributed by atoms with Gasteiger partial charge in [0.25, 0.3) is 0 Å². The molecule has 1 unspecified atom stereocenters. The van der Waals surface area contributed by atoms with Gasteiger partial charge in [0.2, 0.25) is 10.0 Å². The fourth-order valence-corrected chi connectivity index (χ4v) is 4.27. The lowest BCUT2D eigenvalue weighted by atomic mass is 10.1. The molecule has 0 saturated carbocycles. The maximum Gasteiger partial charge on any atom is 0.229 e. The van der Waals surface area contributed by atoms with E-state index < -0.39 is 16.1 Å². The number of sulfonamides is 1. The van der Waals surface area contributed by atoms with Crippen molar-refractivity contribution in [1.29, 1.82) is 0 Å². The summed E-state index contributed by atoms with van der Waals surface area (Å²) in [6.07, 6.45) is 0.297. The van der Waals surface area contributed by atoms with Crippen molar-refractivity contribution in [3.05, 3.63) is 57.7 Å². The molecular formula is C21H26BrN3O4S. The van der Waals surface area contributed by atoms with Gasteiger partial charge >= 0.3 is 0 Å². The summed E-state index contributed by atoms with van der Waals surface area (Å²) in [5.74, 6) is 0.787. The van der Waals surface area contributed by atoms with Crippen LogP contribution < -0.4 is 14.8 Å². The monoisotopic (exact) mass is 495 g/mol. The normalized spacial score (nSPS) is 12.8. The van der Waals surface area contributed by atoms with Gasteiger partial charge < -0.3 is 20.1 Å². The molecule has 162 valence electrons. The number of rotatable bonds is 9. The van der Waals surface area contributed by atoms with Crippen LogP contribution in [0.2, 0.25) is 0 Å². The molecule has 0 spiro atoms. The number of fused-ring (bicyclic) bond motifs is 1. The smallest absolute Gasteiger partial charge is 0.229 e. The number of hydrogen-bond acceptors (Lipinski definition) is 5. The Kier molecular flexibility index (Phi) is 7.07. The molecule has 1 atom stereocenters. The largest absolute Gasteiger partial charge is 0.492 e. The Morgan fingerprint density at radius 3 is 2.70 bits per heavy atom. The Hall–Kier alpha value is -2.07. The molecule has 0 saturated heterocycles. The van der Waals surface area contributed by atoms with E-state index in [1.807, 2.05) is 12.1 Å². The van der Waals surface area contributed by atoms with Crippen LogP contribution in [-0.4, -0.2) is 44.5 Å². The Labute approximate surface area is 185 Å². The first kappa shape index (κ1) is 22.6. The van der Waals surface area contributed by atoms with Crippen molar-refractivity contribution < 1.29 is 18.3 Å². The number of aliphatic hydroxyl groups is 1. The van der Waals surface area contributed by atoms with E-state index in [9.17, 15) is 13.5 Å². The van der Waals surface area contributed by atoms with Crippen LogP contribution in [0.4, 0.5) is 5.69 Å². The minimum Gasteiger partial charge on any atom is -0.492 e. The molecule has 3 rings (SSSR count). The Balaban J connectivity index is 1.49. The first-order chi connectivity index (χ1) is 14.1. The van der Waals surface area contributed by atoms with Gasteiger partial charge in [-0.15, -0.1) is 0 Å². The predicted octanol–water partition coefficient (Wildman–Crippen LogP) is 3.62. The summed E-state index contributed by atoms with van der Waals surface area (Å²) < 4.78 is 31.7. The summed E-state index contributed by atoms with van der Waals surface area (Å²) in [6, 6.07) is 11.0. The second-order valence-electron chi connectivity index (χ2n) is 7.30. The van der Waals surface area contributed by atoms with Crippen LogP contribution in [0.25, 0.3) is 10.9 Å². The van der Waals surface area contributed by atoms with E-state index in [2.05, 4.69) is 50.9 Å². The third-order valence-corrected chi connectivity index (χ3v) is 5.84. The Morgan fingerprint density at radius 1 is 1.20 bits per heavy atom. The van der Waals surface area contributed by atoms with Crippen molar-refractivity contribution in [1.82, 2.24) is 10.3 Å². The Morgan fingerprint density at radius 2 is 1.97 bits per heavy atom. The highest BCUT2D eigenvalue weighted by Crippen LogP contribution is 2.26. The number of halogens is 1. The number of H-pyrrole nitrogens is 1. The molecule has 0 amide bonds. The number of anilines is 1. The summed E-state index contributed by atoms with van der Waals surface area (Å²) in [6.45, 7) is 5.47. The molecule has 3 aromatic rings. The van der Waals surface area contributed by atoms with Crippen molar-refractivity contribution in [2.45, 2.75) is 20.0 Å². The third-order valence-electron chi connectivity index (χ3n) is 4.77. The molecule has 30 heavy (non-hydrogen) atoms. The lowest BCUT2D eigenvalue weighted by Crippen LogP contribution is -2.26. The molecule has 2 aromatic carbocycles. The number of aryl methyl sites for hydroxylation is 2. The van der Waals surface area contributed by atoms with Gasteiger partial charge in [-0.2, -0.15) is 0 Å². The minimum atomic E-state index is -3.39. The fourth-order valence-electron chi connectivity index (χ4n) is 3.22. The van der Waals surface area contributed by atoms with E-state index in [1.165, 1.54) is 10.9 Å². The molecule has 9 heteroatoms. The standard InChI is InChI=1S/C21H26BrN3O4S/c1-13-14(2)24-20-11-18(4-5-19(13)20)29-7-6-23-12-21(26)15-8-16(22)10-17(9-15)25-30(3,27)28/h4-5,8-11,21,23-26H,6-7,12H2,1-3H3. The Bertz CT molecular complexity index is 1140. The van der Waals surface area contributed by atoms with Crippen molar-refractivity contribution in [2.24, 2.45) is 0 Å². The number of benzene rings is 2. The molecule has 0 aliphatic carbocycles. The van der Waals surface area contributed by atoms with Crippen molar-refractivity contribution in [2.75, 3.05) is 30.7 Å². The first-order valence-electron chi connectivity index (χ1n) is 9.51. The van der Waals surface area contributed by atoms with Crippen LogP contribution in [0.1, 0.15) is 22.9 Å². The van der Waals surface area contributed by atoms with Gasteiger partial charge in [0, 0.05) is 45.9 Å². The van der Waals surface area contributed by atoms with Crippen LogP contribution >= 0.6 is 15.9 Å². The zero-order valence-electron chi connectivity index (χ0n) is 17.1. The maximum atomic E-state index is 11.4. The van der Waals surface area contributed by atoms with E-state index in [0.717, 1.165) is 23.2 Å². The third kappa shape index (κ3) is 5.98. The SMILES string of the molecule is Cc1[nH]c2cc(OCCNCC(O)c3cc(Br)cc(NS(C)(=O)=O)c3)ccc2c1C. The number of ether oxygens (including phenoxy) is 1. The van der Waals surface area contributed by atoms with Crippen LogP contribution in [0.15, 0.2) is 40.9 Å². The summed E-state index contributed by atoms with van der Waals surface area (Å²) in [7, 11) is -3.39. The van der Waals surface area contributed by atoms with Gasteiger partial charge in [0.15, 0.2) is 0 Å². The topological polar surface area (TPSA) is 103 Å². The molecule has 0 bridgehead atoms. The summed E-state index contributed by atoms with van der Waals surface area (Å²) in [5.41, 5.74) is 4.45. The average molecular weight is 496 g/mol. The number of aromatic amines is 1. The van der Waals surface area contributed by atoms with Gasteiger partial charge in [0.1, 0.15) is 12.4 Å². The maximum absolute atomic E-state index is 11.4. The first-order valence-corrected chi connectivity index (χ1v) is 12.2. The van der Waals surface area contributed by atoms with Crippen molar-refractivity contribution >= 4 is 42.5 Å². The minimum absolute atomic E-state index is 0.312. The highest BCUT2D eigenvalue weighted by molar-refractivity contribution is 9.10. The number of aliphatic hydroxyl groups excluding tert-OH is 1. The van der Waals surface area contributed by atoms with Gasteiger partial charge in [-0.1, -0.05) is 15.9 Å². The molecule has 1 heterocycles. The zero-order chi connectivity index (χ0) is 21.9. The number of hydrogen-bond donors (Lipinski definition) is 4. The molecule has 0 fully saturated rings. The summed E-state index contributed by atoms with van der Waals surface area (Å²) in [5, 5.41) is 14.8. The van der Waals surface area contributed by atoms with Gasteiger partial charge in [-0.25, -0.2) is 8.42 Å². The average Bonchev–Trinajstić information content (AvgIpc) is 2.93. The van der Waals surface area contributed by atoms with Gasteiger partial charge in [0.05, 0.1) is 12.4 Å². The van der Waals surface area contributed by atoms with Crippen LogP contribution in [0.5, 0.6) is 5.75 Å². The molecule has 4 N–H and O–H groups in total. The summed E-state index contributed by atoms with van der Waals surface area (Å²) in [4.78, 5) is 3.35. The lowest BCUT2D eigenvalue weighted by molar-refractivity contribution is 0.172. The molecule has 0 aliphatic heterocycles. The number of nitrogens with one attached hydrogen (secondary N) is 3. The predicted molar refractivity (Wildman–Crippen MR) is 124 cm³/mol. The quantitative estimate of drug-likeness (QED) is 0.339. The van der Waals surface area contributed by atoms with Crippen molar-refractivity contribution in [3.63, 3.8) is 0 Å². The second-order valence-corrected chi connectivity index (χ2v) is 9.96. The molecular weight excluding hydrogens is 470 g/mol. The highest BCUT2D eigenvalue weighted by Gasteiger charge is 2.11. The zero-order valence-corrected chi connectivity index (χ0v) is 19.5. The van der Waals surface area contributed by atoms with Crippen molar-refractivity contribution in [3.8, 4) is 5.75 Å². The van der Waals surface area contributed by atoms with Gasteiger partial charge in [-0.05, 0) is 55.3 Å². The van der Waals surface area contributed by atoms with E-state index in [1.54, 1.807) is 18.2 Å².